The lowest BCUT2D eigenvalue weighted by molar-refractivity contribution is -0.272. The molecule has 0 fully saturated rings. The van der Waals surface area contributed by atoms with E-state index in [9.17, 15) is 23.1 Å². The van der Waals surface area contributed by atoms with Gasteiger partial charge in [0.2, 0.25) is 5.60 Å². The maximum Gasteiger partial charge on any atom is 0.424 e. The highest BCUT2D eigenvalue weighted by atomic mass is 32.2. The van der Waals surface area contributed by atoms with Gasteiger partial charge in [0.25, 0.3) is 5.91 Å². The maximum absolute atomic E-state index is 13.6. The first-order valence-corrected chi connectivity index (χ1v) is 11.4. The van der Waals surface area contributed by atoms with Crippen LogP contribution in [0.5, 0.6) is 0 Å². The molecule has 0 aliphatic rings. The Morgan fingerprint density at radius 3 is 2.56 bits per heavy atom. The zero-order chi connectivity index (χ0) is 24.3. The minimum Gasteiger partial charge on any atom is -0.374 e. The molecule has 0 radical (unpaired) electrons. The fraction of sp³-hybridized carbons (Fsp3) is 0.261. The molecule has 0 aliphatic heterocycles. The van der Waals surface area contributed by atoms with Crippen molar-refractivity contribution < 1.29 is 23.1 Å². The number of alkyl halides is 3. The van der Waals surface area contributed by atoms with E-state index in [1.54, 1.807) is 36.0 Å². The summed E-state index contributed by atoms with van der Waals surface area (Å²) < 4.78 is 43.8. The monoisotopic (exact) mass is 489 g/mol. The van der Waals surface area contributed by atoms with Crippen molar-refractivity contribution in [2.45, 2.75) is 28.8 Å². The van der Waals surface area contributed by atoms with Gasteiger partial charge in [-0.2, -0.15) is 13.2 Å². The third-order valence-electron chi connectivity index (χ3n) is 5.35. The van der Waals surface area contributed by atoms with E-state index in [-0.39, 0.29) is 6.54 Å². The lowest BCUT2D eigenvalue weighted by atomic mass is 9.97. The average molecular weight is 490 g/mol. The Bertz CT molecular complexity index is 1250. The minimum absolute atomic E-state index is 0.310. The lowest BCUT2D eigenvalue weighted by Crippen LogP contribution is -2.46. The van der Waals surface area contributed by atoms with E-state index in [1.165, 1.54) is 19.4 Å². The van der Waals surface area contributed by atoms with E-state index in [2.05, 4.69) is 15.3 Å². The maximum atomic E-state index is 13.6. The molecule has 1 unspecified atom stereocenters. The number of thioether (sulfide) groups is 1. The number of nitrogens with one attached hydrogen (secondary N) is 1. The molecule has 34 heavy (non-hydrogen) atoms. The molecule has 178 valence electrons. The zero-order valence-corrected chi connectivity index (χ0v) is 19.0. The Hall–Kier alpha value is -3.31. The number of halogens is 3. The highest BCUT2D eigenvalue weighted by molar-refractivity contribution is 7.98. The molecule has 0 aliphatic carbocycles. The summed E-state index contributed by atoms with van der Waals surface area (Å²) in [7, 11) is 1.37. The first-order chi connectivity index (χ1) is 16.2. The van der Waals surface area contributed by atoms with Gasteiger partial charge in [0.05, 0.1) is 5.69 Å². The summed E-state index contributed by atoms with van der Waals surface area (Å²) in [6.45, 7) is -0.383. The van der Waals surface area contributed by atoms with E-state index >= 15 is 0 Å². The molecule has 3 heterocycles. The van der Waals surface area contributed by atoms with Gasteiger partial charge in [-0.05, 0) is 36.4 Å². The normalized spacial score (nSPS) is 13.7. The second-order valence-electron chi connectivity index (χ2n) is 7.74. The summed E-state index contributed by atoms with van der Waals surface area (Å²) in [4.78, 5) is 21.5. The number of carbonyl (C=O) groups excluding carboxylic acids is 1. The van der Waals surface area contributed by atoms with Crippen molar-refractivity contribution in [1.82, 2.24) is 24.3 Å². The predicted molar refractivity (Wildman–Crippen MR) is 121 cm³/mol. The van der Waals surface area contributed by atoms with Gasteiger partial charge in [0, 0.05) is 61.0 Å². The molecule has 3 aromatic heterocycles. The van der Waals surface area contributed by atoms with Gasteiger partial charge < -0.3 is 19.4 Å². The van der Waals surface area contributed by atoms with Crippen LogP contribution in [-0.4, -0.2) is 42.7 Å². The summed E-state index contributed by atoms with van der Waals surface area (Å²) in [5.74, 6) is -0.404. The van der Waals surface area contributed by atoms with Crippen LogP contribution >= 0.6 is 11.8 Å². The summed E-state index contributed by atoms with van der Waals surface area (Å²) in [5, 5.41) is 12.8. The number of hydrogen-bond acceptors (Lipinski definition) is 5. The molecule has 4 rings (SSSR count). The number of aryl methyl sites for hydroxylation is 1. The van der Waals surface area contributed by atoms with Crippen LogP contribution < -0.4 is 5.32 Å². The highest BCUT2D eigenvalue weighted by Crippen LogP contribution is 2.40. The van der Waals surface area contributed by atoms with Crippen molar-refractivity contribution in [3.05, 3.63) is 84.3 Å². The van der Waals surface area contributed by atoms with Gasteiger partial charge in [-0.15, -0.1) is 11.8 Å². The lowest BCUT2D eigenvalue weighted by Gasteiger charge is -2.30. The fourth-order valence-electron chi connectivity index (χ4n) is 3.52. The van der Waals surface area contributed by atoms with E-state index < -0.39 is 29.9 Å². The fourth-order valence-corrected chi connectivity index (χ4v) is 4.30. The number of aromatic nitrogens is 4. The molecule has 1 aromatic carbocycles. The summed E-state index contributed by atoms with van der Waals surface area (Å²) in [5.41, 5.74) is -1.07. The molecule has 0 spiro atoms. The molecule has 0 saturated carbocycles. The van der Waals surface area contributed by atoms with Crippen LogP contribution in [0.25, 0.3) is 5.65 Å². The van der Waals surface area contributed by atoms with Crippen LogP contribution in [0.1, 0.15) is 28.3 Å². The first kappa shape index (κ1) is 23.8. The number of benzene rings is 1. The van der Waals surface area contributed by atoms with Gasteiger partial charge in [0.1, 0.15) is 11.5 Å². The molecule has 11 heteroatoms. The van der Waals surface area contributed by atoms with Gasteiger partial charge in [-0.25, -0.2) is 9.97 Å². The Morgan fingerprint density at radius 1 is 1.15 bits per heavy atom. The molecule has 2 N–H and O–H groups in total. The molecule has 1 atom stereocenters. The number of imidazole rings is 2. The van der Waals surface area contributed by atoms with Crippen molar-refractivity contribution in [1.29, 1.82) is 0 Å². The van der Waals surface area contributed by atoms with Crippen LogP contribution in [0.4, 0.5) is 13.2 Å². The molecular formula is C23H22F3N5O2S. The van der Waals surface area contributed by atoms with E-state index in [1.807, 2.05) is 35.0 Å². The van der Waals surface area contributed by atoms with E-state index in [4.69, 9.17) is 0 Å². The zero-order valence-electron chi connectivity index (χ0n) is 18.2. The number of hydrogen-bond donors (Lipinski definition) is 2. The van der Waals surface area contributed by atoms with Gasteiger partial charge in [0.15, 0.2) is 0 Å². The Morgan fingerprint density at radius 2 is 1.91 bits per heavy atom. The Labute approximate surface area is 197 Å². The molecule has 4 aromatic rings. The van der Waals surface area contributed by atoms with E-state index in [0.29, 0.717) is 11.3 Å². The molecule has 0 saturated heterocycles. The van der Waals surface area contributed by atoms with Crippen molar-refractivity contribution in [2.24, 2.45) is 7.05 Å². The quantitative estimate of drug-likeness (QED) is 0.367. The summed E-state index contributed by atoms with van der Waals surface area (Å²) in [6.07, 6.45) is 0.669. The predicted octanol–water partition coefficient (Wildman–Crippen LogP) is 3.93. The van der Waals surface area contributed by atoms with Crippen molar-refractivity contribution in [3.63, 3.8) is 0 Å². The smallest absolute Gasteiger partial charge is 0.374 e. The highest BCUT2D eigenvalue weighted by Gasteiger charge is 2.57. The number of aliphatic hydroxyl groups is 1. The number of pyridine rings is 1. The third kappa shape index (κ3) is 4.95. The minimum atomic E-state index is -4.95. The topological polar surface area (TPSA) is 84.5 Å². The number of rotatable bonds is 8. The average Bonchev–Trinajstić information content (AvgIpc) is 3.43. The number of fused-ring (bicyclic) bond motifs is 1. The SMILES string of the molecule is Cn1ccnc1C(O)(CCNC(=O)c1ccc(SCc2cn3ccccc3n2)cc1)C(F)(F)F. The molecule has 7 nitrogen and oxygen atoms in total. The summed E-state index contributed by atoms with van der Waals surface area (Å²) in [6, 6.07) is 12.5. The van der Waals surface area contributed by atoms with Crippen molar-refractivity contribution in [3.8, 4) is 0 Å². The second kappa shape index (κ2) is 9.51. The van der Waals surface area contributed by atoms with Crippen LogP contribution in [0.2, 0.25) is 0 Å². The van der Waals surface area contributed by atoms with Gasteiger partial charge in [-0.1, -0.05) is 6.07 Å². The van der Waals surface area contributed by atoms with Crippen LogP contribution in [0.15, 0.2) is 72.1 Å². The van der Waals surface area contributed by atoms with Crippen LogP contribution in [0.3, 0.4) is 0 Å². The van der Waals surface area contributed by atoms with E-state index in [0.717, 1.165) is 20.8 Å². The first-order valence-electron chi connectivity index (χ1n) is 10.4. The van der Waals surface area contributed by atoms with Crippen molar-refractivity contribution in [2.75, 3.05) is 6.54 Å². The Kier molecular flexibility index (Phi) is 6.67. The van der Waals surface area contributed by atoms with Crippen LogP contribution in [-0.2, 0) is 18.4 Å². The Balaban J connectivity index is 1.33. The number of carbonyl (C=O) groups is 1. The van der Waals surface area contributed by atoms with Crippen LogP contribution in [0, 0.1) is 0 Å². The number of nitrogens with zero attached hydrogens (tertiary/aromatic N) is 4. The second-order valence-corrected chi connectivity index (χ2v) is 8.79. The molecule has 1 amide bonds. The molecular weight excluding hydrogens is 467 g/mol. The van der Waals surface area contributed by atoms with Crippen molar-refractivity contribution >= 4 is 23.3 Å². The third-order valence-corrected chi connectivity index (χ3v) is 6.40. The molecule has 0 bridgehead atoms. The summed E-state index contributed by atoms with van der Waals surface area (Å²) >= 11 is 1.56. The van der Waals surface area contributed by atoms with Gasteiger partial charge >= 0.3 is 6.18 Å². The largest absolute Gasteiger partial charge is 0.424 e. The number of amides is 1. The van der Waals surface area contributed by atoms with Gasteiger partial charge in [-0.3, -0.25) is 4.79 Å². The standard InChI is InChI=1S/C23H22F3N5O2S/c1-30-13-11-28-21(30)22(33,23(24,25)26)9-10-27-20(32)16-5-7-18(8-6-16)34-15-17-14-31-12-3-2-4-19(31)29-17/h2-8,11-14,33H,9-10,15H2,1H3,(H,27,32).